The fraction of sp³-hybridized carbons (Fsp3) is 0.667. The van der Waals surface area contributed by atoms with E-state index in [1.807, 2.05) is 27.7 Å². The van der Waals surface area contributed by atoms with E-state index in [0.29, 0.717) is 12.3 Å². The van der Waals surface area contributed by atoms with E-state index in [-0.39, 0.29) is 23.8 Å². The van der Waals surface area contributed by atoms with Crippen molar-refractivity contribution < 1.29 is 18.7 Å². The zero-order valence-electron chi connectivity index (χ0n) is 14.5. The highest BCUT2D eigenvalue weighted by Gasteiger charge is 2.36. The molecule has 1 aromatic heterocycles. The summed E-state index contributed by atoms with van der Waals surface area (Å²) < 4.78 is 10.8. The van der Waals surface area contributed by atoms with Crippen molar-refractivity contribution in [3.63, 3.8) is 0 Å². The van der Waals surface area contributed by atoms with Gasteiger partial charge in [-0.1, -0.05) is 19.8 Å². The van der Waals surface area contributed by atoms with Gasteiger partial charge in [-0.25, -0.2) is 4.79 Å². The van der Waals surface area contributed by atoms with Crippen LogP contribution in [0.2, 0.25) is 0 Å². The smallest absolute Gasteiger partial charge is 0.410 e. The van der Waals surface area contributed by atoms with E-state index in [1.54, 1.807) is 17.0 Å². The van der Waals surface area contributed by atoms with Crippen LogP contribution in [0.15, 0.2) is 22.8 Å². The molecule has 0 radical (unpaired) electrons. The molecule has 1 aromatic rings. The Morgan fingerprint density at radius 3 is 2.65 bits per heavy atom. The van der Waals surface area contributed by atoms with Crippen LogP contribution in [0.4, 0.5) is 4.79 Å². The SMILES string of the molecule is CC(C(=O)c1ccco1)C1CCCCCN1C(=O)OC(C)(C)C. The van der Waals surface area contributed by atoms with Crippen LogP contribution in [-0.4, -0.2) is 35.0 Å². The maximum atomic E-state index is 12.6. The predicted octanol–water partition coefficient (Wildman–Crippen LogP) is 4.28. The number of hydrogen-bond acceptors (Lipinski definition) is 4. The van der Waals surface area contributed by atoms with Gasteiger partial charge in [0.05, 0.1) is 6.26 Å². The molecule has 0 bridgehead atoms. The van der Waals surface area contributed by atoms with Crippen LogP contribution >= 0.6 is 0 Å². The summed E-state index contributed by atoms with van der Waals surface area (Å²) in [6.45, 7) is 8.08. The van der Waals surface area contributed by atoms with Crippen molar-refractivity contribution in [1.82, 2.24) is 4.90 Å². The van der Waals surface area contributed by atoms with Gasteiger partial charge in [0.2, 0.25) is 5.78 Å². The van der Waals surface area contributed by atoms with Gasteiger partial charge in [-0.15, -0.1) is 0 Å². The summed E-state index contributed by atoms with van der Waals surface area (Å²) in [5.74, 6) is -0.0203. The number of furan rings is 1. The topological polar surface area (TPSA) is 59.8 Å². The number of nitrogens with zero attached hydrogens (tertiary/aromatic N) is 1. The summed E-state index contributed by atoms with van der Waals surface area (Å²) >= 11 is 0. The zero-order chi connectivity index (χ0) is 17.0. The van der Waals surface area contributed by atoms with Crippen molar-refractivity contribution in [1.29, 1.82) is 0 Å². The minimum absolute atomic E-state index is 0.0598. The molecule has 2 atom stereocenters. The lowest BCUT2D eigenvalue weighted by atomic mass is 9.91. The number of ketones is 1. The predicted molar refractivity (Wildman–Crippen MR) is 87.4 cm³/mol. The molecule has 2 unspecified atom stereocenters. The molecule has 1 saturated heterocycles. The van der Waals surface area contributed by atoms with Crippen molar-refractivity contribution in [2.45, 2.75) is 65.0 Å². The van der Waals surface area contributed by atoms with E-state index in [0.717, 1.165) is 25.7 Å². The Morgan fingerprint density at radius 2 is 2.04 bits per heavy atom. The van der Waals surface area contributed by atoms with Crippen LogP contribution < -0.4 is 0 Å². The molecule has 0 spiro atoms. The largest absolute Gasteiger partial charge is 0.461 e. The highest BCUT2D eigenvalue weighted by atomic mass is 16.6. The molecular formula is C18H27NO4. The van der Waals surface area contributed by atoms with E-state index in [9.17, 15) is 9.59 Å². The number of Topliss-reactive ketones (excluding diaryl/α,β-unsaturated/α-hetero) is 1. The first-order valence-corrected chi connectivity index (χ1v) is 8.37. The van der Waals surface area contributed by atoms with Crippen molar-refractivity contribution in [3.05, 3.63) is 24.2 Å². The van der Waals surface area contributed by atoms with Gasteiger partial charge in [0.15, 0.2) is 5.76 Å². The Balaban J connectivity index is 2.17. The number of carbonyl (C=O) groups is 2. The van der Waals surface area contributed by atoms with E-state index in [4.69, 9.17) is 9.15 Å². The van der Waals surface area contributed by atoms with Crippen molar-refractivity contribution in [2.75, 3.05) is 6.54 Å². The first kappa shape index (κ1) is 17.6. The Bertz CT molecular complexity index is 530. The highest BCUT2D eigenvalue weighted by molar-refractivity contribution is 5.95. The summed E-state index contributed by atoms with van der Waals surface area (Å²) in [6.07, 6.45) is 5.00. The van der Waals surface area contributed by atoms with Crippen LogP contribution in [0, 0.1) is 5.92 Å². The third-order valence-corrected chi connectivity index (χ3v) is 4.18. The van der Waals surface area contributed by atoms with Crippen LogP contribution in [0.25, 0.3) is 0 Å². The number of carbonyl (C=O) groups excluding carboxylic acids is 2. The van der Waals surface area contributed by atoms with Crippen LogP contribution in [-0.2, 0) is 4.74 Å². The lowest BCUT2D eigenvalue weighted by Crippen LogP contribution is -2.47. The molecule has 0 N–H and O–H groups in total. The monoisotopic (exact) mass is 321 g/mol. The molecule has 0 aliphatic carbocycles. The lowest BCUT2D eigenvalue weighted by Gasteiger charge is -2.34. The molecular weight excluding hydrogens is 294 g/mol. The van der Waals surface area contributed by atoms with Crippen LogP contribution in [0.1, 0.15) is 63.9 Å². The highest BCUT2D eigenvalue weighted by Crippen LogP contribution is 2.27. The van der Waals surface area contributed by atoms with Crippen molar-refractivity contribution >= 4 is 11.9 Å². The summed E-state index contributed by atoms with van der Waals surface area (Å²) in [5.41, 5.74) is -0.539. The molecule has 2 rings (SSSR count). The quantitative estimate of drug-likeness (QED) is 0.780. The lowest BCUT2D eigenvalue weighted by molar-refractivity contribution is 0.0114. The molecule has 0 saturated carbocycles. The van der Waals surface area contributed by atoms with Gasteiger partial charge in [0.1, 0.15) is 5.60 Å². The normalized spacial score (nSPS) is 20.7. The molecule has 1 aliphatic rings. The molecule has 1 aliphatic heterocycles. The third kappa shape index (κ3) is 4.60. The maximum absolute atomic E-state index is 12.6. The second-order valence-corrected chi connectivity index (χ2v) is 7.22. The first-order valence-electron chi connectivity index (χ1n) is 8.37. The van der Waals surface area contributed by atoms with Crippen LogP contribution in [0.3, 0.4) is 0 Å². The summed E-state index contributed by atoms with van der Waals surface area (Å²) in [7, 11) is 0. The molecule has 1 fully saturated rings. The fourth-order valence-electron chi connectivity index (χ4n) is 3.02. The molecule has 2 heterocycles. The minimum atomic E-state index is -0.539. The summed E-state index contributed by atoms with van der Waals surface area (Å²) in [5, 5.41) is 0. The first-order chi connectivity index (χ1) is 10.8. The number of likely N-dealkylation sites (tertiary alicyclic amines) is 1. The second-order valence-electron chi connectivity index (χ2n) is 7.22. The molecule has 128 valence electrons. The van der Waals surface area contributed by atoms with Crippen molar-refractivity contribution in [3.8, 4) is 0 Å². The number of hydrogen-bond donors (Lipinski definition) is 0. The molecule has 1 amide bonds. The van der Waals surface area contributed by atoms with Gasteiger partial charge in [-0.05, 0) is 45.7 Å². The van der Waals surface area contributed by atoms with E-state index >= 15 is 0 Å². The van der Waals surface area contributed by atoms with E-state index < -0.39 is 5.60 Å². The Labute approximate surface area is 138 Å². The standard InChI is InChI=1S/C18H27NO4/c1-13(16(20)15-10-8-12-22-15)14-9-6-5-7-11-19(14)17(21)23-18(2,3)4/h8,10,12-14H,5-7,9,11H2,1-4H3. The average molecular weight is 321 g/mol. The molecule has 5 heteroatoms. The zero-order valence-corrected chi connectivity index (χ0v) is 14.5. The van der Waals surface area contributed by atoms with Gasteiger partial charge < -0.3 is 14.1 Å². The van der Waals surface area contributed by atoms with Gasteiger partial charge in [-0.2, -0.15) is 0 Å². The summed E-state index contributed by atoms with van der Waals surface area (Å²) in [4.78, 5) is 26.9. The Hall–Kier alpha value is -1.78. The molecule has 23 heavy (non-hydrogen) atoms. The number of amides is 1. The second kappa shape index (κ2) is 7.20. The number of ether oxygens (including phenoxy) is 1. The van der Waals surface area contributed by atoms with Crippen LogP contribution in [0.5, 0.6) is 0 Å². The average Bonchev–Trinajstić information content (AvgIpc) is 2.88. The van der Waals surface area contributed by atoms with E-state index in [2.05, 4.69) is 0 Å². The Kier molecular flexibility index (Phi) is 5.50. The van der Waals surface area contributed by atoms with Crippen molar-refractivity contribution in [2.24, 2.45) is 5.92 Å². The van der Waals surface area contributed by atoms with Gasteiger partial charge in [-0.3, -0.25) is 4.79 Å². The maximum Gasteiger partial charge on any atom is 0.410 e. The fourth-order valence-corrected chi connectivity index (χ4v) is 3.02. The third-order valence-electron chi connectivity index (χ3n) is 4.18. The van der Waals surface area contributed by atoms with Gasteiger partial charge in [0.25, 0.3) is 0 Å². The summed E-state index contributed by atoms with van der Waals surface area (Å²) in [6, 6.07) is 3.23. The molecule has 0 aromatic carbocycles. The van der Waals surface area contributed by atoms with Gasteiger partial charge in [0, 0.05) is 18.5 Å². The number of rotatable bonds is 3. The van der Waals surface area contributed by atoms with Gasteiger partial charge >= 0.3 is 6.09 Å². The Morgan fingerprint density at radius 1 is 1.30 bits per heavy atom. The minimum Gasteiger partial charge on any atom is -0.461 e. The molecule has 5 nitrogen and oxygen atoms in total. The van der Waals surface area contributed by atoms with E-state index in [1.165, 1.54) is 6.26 Å².